The van der Waals surface area contributed by atoms with Gasteiger partial charge in [-0.1, -0.05) is 0 Å². The maximum Gasteiger partial charge on any atom is 0.208 e. The van der Waals surface area contributed by atoms with Gasteiger partial charge in [0.25, 0.3) is 0 Å². The van der Waals surface area contributed by atoms with Crippen LogP contribution in [0.3, 0.4) is 0 Å². The lowest BCUT2D eigenvalue weighted by molar-refractivity contribution is 0.435. The van der Waals surface area contributed by atoms with E-state index in [1.165, 1.54) is 6.26 Å². The number of oxazole rings is 1. The third kappa shape index (κ3) is 4.94. The fourth-order valence-corrected chi connectivity index (χ4v) is 2.28. The number of hydrogen-bond donors (Lipinski definition) is 1. The lowest BCUT2D eigenvalue weighted by Gasteiger charge is -2.10. The summed E-state index contributed by atoms with van der Waals surface area (Å²) in [5.41, 5.74) is 0. The molecule has 0 aliphatic heterocycles. The molecule has 5 nitrogen and oxygen atoms in total. The van der Waals surface area contributed by atoms with Gasteiger partial charge >= 0.3 is 0 Å². The lowest BCUT2D eigenvalue weighted by Crippen LogP contribution is -2.32. The molecule has 0 aromatic carbocycles. The number of nitrogens with one attached hydrogen (secondary N) is 1. The summed E-state index contributed by atoms with van der Waals surface area (Å²) in [6, 6.07) is -0.104. The highest BCUT2D eigenvalue weighted by atomic mass is 32.2. The second kappa shape index (κ2) is 4.76. The van der Waals surface area contributed by atoms with Crippen molar-refractivity contribution in [2.75, 3.05) is 12.0 Å². The fourth-order valence-electron chi connectivity index (χ4n) is 1.26. The predicted octanol–water partition coefficient (Wildman–Crippen LogP) is 0.506. The number of rotatable bonds is 5. The Morgan fingerprint density at radius 1 is 1.60 bits per heavy atom. The highest BCUT2D eigenvalue weighted by molar-refractivity contribution is 7.90. The van der Waals surface area contributed by atoms with Crippen LogP contribution >= 0.6 is 0 Å². The van der Waals surface area contributed by atoms with Crippen molar-refractivity contribution in [2.45, 2.75) is 26.4 Å². The first-order valence-electron chi connectivity index (χ1n) is 4.69. The molecule has 0 bridgehead atoms. The summed E-state index contributed by atoms with van der Waals surface area (Å²) >= 11 is 0. The van der Waals surface area contributed by atoms with Gasteiger partial charge in [0.1, 0.15) is 15.6 Å². The minimum absolute atomic E-state index is 0.104. The van der Waals surface area contributed by atoms with E-state index in [0.29, 0.717) is 12.4 Å². The normalized spacial score (nSPS) is 14.1. The molecule has 0 saturated carbocycles. The molecule has 1 rings (SSSR count). The summed E-state index contributed by atoms with van der Waals surface area (Å²) in [5, 5.41) is 3.03. The van der Waals surface area contributed by atoms with Gasteiger partial charge in [0, 0.05) is 12.3 Å². The summed E-state index contributed by atoms with van der Waals surface area (Å²) in [6.45, 7) is 4.08. The zero-order chi connectivity index (χ0) is 11.5. The van der Waals surface area contributed by atoms with E-state index < -0.39 is 9.84 Å². The SMILES string of the molecule is Cc1cnc(CNC(C)CS(C)(=O)=O)o1. The third-order valence-electron chi connectivity index (χ3n) is 1.82. The Morgan fingerprint density at radius 2 is 2.27 bits per heavy atom. The fraction of sp³-hybridized carbons (Fsp3) is 0.667. The molecule has 0 spiro atoms. The summed E-state index contributed by atoms with van der Waals surface area (Å²) in [7, 11) is -2.94. The highest BCUT2D eigenvalue weighted by Crippen LogP contribution is 2.01. The topological polar surface area (TPSA) is 72.2 Å². The van der Waals surface area contributed by atoms with E-state index in [4.69, 9.17) is 4.42 Å². The van der Waals surface area contributed by atoms with Gasteiger partial charge in [-0.25, -0.2) is 13.4 Å². The molecule has 1 atom stereocenters. The van der Waals surface area contributed by atoms with Crippen molar-refractivity contribution in [2.24, 2.45) is 0 Å². The summed E-state index contributed by atoms with van der Waals surface area (Å²) in [4.78, 5) is 4.01. The molecule has 86 valence electrons. The van der Waals surface area contributed by atoms with Crippen LogP contribution in [0.1, 0.15) is 18.6 Å². The van der Waals surface area contributed by atoms with Crippen LogP contribution < -0.4 is 5.32 Å². The Hall–Kier alpha value is -0.880. The minimum atomic E-state index is -2.94. The molecule has 1 heterocycles. The van der Waals surface area contributed by atoms with Gasteiger partial charge < -0.3 is 9.73 Å². The van der Waals surface area contributed by atoms with Gasteiger partial charge in [-0.05, 0) is 13.8 Å². The zero-order valence-corrected chi connectivity index (χ0v) is 9.97. The molecule has 1 unspecified atom stereocenters. The average molecular weight is 232 g/mol. The van der Waals surface area contributed by atoms with Gasteiger partial charge in [0.2, 0.25) is 5.89 Å². The number of sulfone groups is 1. The average Bonchev–Trinajstić information content (AvgIpc) is 2.45. The smallest absolute Gasteiger partial charge is 0.208 e. The second-order valence-corrected chi connectivity index (χ2v) is 5.92. The van der Waals surface area contributed by atoms with Crippen molar-refractivity contribution in [3.05, 3.63) is 17.8 Å². The van der Waals surface area contributed by atoms with Crippen LogP contribution in [0.25, 0.3) is 0 Å². The molecule has 0 radical (unpaired) electrons. The predicted molar refractivity (Wildman–Crippen MR) is 57.3 cm³/mol. The molecule has 0 fully saturated rings. The zero-order valence-electron chi connectivity index (χ0n) is 9.15. The molecule has 1 aromatic heterocycles. The van der Waals surface area contributed by atoms with Crippen molar-refractivity contribution in [3.63, 3.8) is 0 Å². The molecule has 1 aromatic rings. The van der Waals surface area contributed by atoms with Crippen molar-refractivity contribution < 1.29 is 12.8 Å². The standard InChI is InChI=1S/C9H16N2O3S/c1-7(6-15(3,12)13)10-5-9-11-4-8(2)14-9/h4,7,10H,5-6H2,1-3H3. The number of nitrogens with zero attached hydrogens (tertiary/aromatic N) is 1. The molecule has 0 aliphatic carbocycles. The first-order valence-corrected chi connectivity index (χ1v) is 6.75. The van der Waals surface area contributed by atoms with E-state index in [9.17, 15) is 8.42 Å². The molecule has 1 N–H and O–H groups in total. The molecular formula is C9H16N2O3S. The molecule has 0 saturated heterocycles. The minimum Gasteiger partial charge on any atom is -0.445 e. The molecule has 0 aliphatic rings. The van der Waals surface area contributed by atoms with Crippen molar-refractivity contribution in [3.8, 4) is 0 Å². The van der Waals surface area contributed by atoms with Crippen LogP contribution in [-0.2, 0) is 16.4 Å². The Labute approximate surface area is 89.8 Å². The lowest BCUT2D eigenvalue weighted by atomic mass is 10.4. The highest BCUT2D eigenvalue weighted by Gasteiger charge is 2.10. The quantitative estimate of drug-likeness (QED) is 0.800. The first-order chi connectivity index (χ1) is 6.87. The molecular weight excluding hydrogens is 216 g/mol. The summed E-state index contributed by atoms with van der Waals surface area (Å²) in [6.07, 6.45) is 2.86. The van der Waals surface area contributed by atoms with Gasteiger partial charge in [-0.3, -0.25) is 0 Å². The van der Waals surface area contributed by atoms with Crippen molar-refractivity contribution in [1.82, 2.24) is 10.3 Å². The molecule has 15 heavy (non-hydrogen) atoms. The van der Waals surface area contributed by atoms with Gasteiger partial charge in [-0.15, -0.1) is 0 Å². The Balaban J connectivity index is 2.37. The van der Waals surface area contributed by atoms with Crippen LogP contribution in [0.4, 0.5) is 0 Å². The van der Waals surface area contributed by atoms with E-state index in [1.54, 1.807) is 6.20 Å². The van der Waals surface area contributed by atoms with E-state index in [-0.39, 0.29) is 11.8 Å². The Bertz CT molecular complexity index is 411. The molecule has 6 heteroatoms. The summed E-state index contributed by atoms with van der Waals surface area (Å²) < 4.78 is 27.2. The summed E-state index contributed by atoms with van der Waals surface area (Å²) in [5.74, 6) is 1.45. The number of aryl methyl sites for hydroxylation is 1. The third-order valence-corrected chi connectivity index (χ3v) is 2.93. The van der Waals surface area contributed by atoms with Crippen LogP contribution in [0, 0.1) is 6.92 Å². The molecule has 0 amide bonds. The monoisotopic (exact) mass is 232 g/mol. The van der Waals surface area contributed by atoms with Gasteiger partial charge in [-0.2, -0.15) is 0 Å². The Morgan fingerprint density at radius 3 is 2.73 bits per heavy atom. The van der Waals surface area contributed by atoms with Crippen LogP contribution in [-0.4, -0.2) is 31.5 Å². The van der Waals surface area contributed by atoms with Crippen LogP contribution in [0.5, 0.6) is 0 Å². The van der Waals surface area contributed by atoms with E-state index in [1.807, 2.05) is 13.8 Å². The van der Waals surface area contributed by atoms with Gasteiger partial charge in [0.05, 0.1) is 18.5 Å². The number of aromatic nitrogens is 1. The van der Waals surface area contributed by atoms with Crippen molar-refractivity contribution in [1.29, 1.82) is 0 Å². The van der Waals surface area contributed by atoms with Crippen LogP contribution in [0.15, 0.2) is 10.6 Å². The second-order valence-electron chi connectivity index (χ2n) is 3.74. The first kappa shape index (κ1) is 12.2. The van der Waals surface area contributed by atoms with Crippen molar-refractivity contribution >= 4 is 9.84 Å². The largest absolute Gasteiger partial charge is 0.445 e. The maximum absolute atomic E-state index is 11.0. The van der Waals surface area contributed by atoms with E-state index in [0.717, 1.165) is 5.76 Å². The van der Waals surface area contributed by atoms with Gasteiger partial charge in [0.15, 0.2) is 0 Å². The van der Waals surface area contributed by atoms with E-state index in [2.05, 4.69) is 10.3 Å². The van der Waals surface area contributed by atoms with Crippen LogP contribution in [0.2, 0.25) is 0 Å². The maximum atomic E-state index is 11.0. The van der Waals surface area contributed by atoms with E-state index >= 15 is 0 Å². The Kier molecular flexibility index (Phi) is 3.87. The number of hydrogen-bond acceptors (Lipinski definition) is 5.